The quantitative estimate of drug-likeness (QED) is 0.836. The van der Waals surface area contributed by atoms with Crippen LogP contribution in [-0.2, 0) is 11.3 Å². The number of benzene rings is 2. The van der Waals surface area contributed by atoms with Crippen molar-refractivity contribution in [3.8, 4) is 5.75 Å². The lowest BCUT2D eigenvalue weighted by molar-refractivity contribution is -0.122. The molecule has 0 saturated carbocycles. The molecule has 4 rings (SSSR count). The molecule has 2 aliphatic heterocycles. The molecule has 0 spiro atoms. The molecule has 2 aromatic rings. The van der Waals surface area contributed by atoms with Gasteiger partial charge in [0.25, 0.3) is 0 Å². The highest BCUT2D eigenvalue weighted by Gasteiger charge is 2.34. The Morgan fingerprint density at radius 1 is 1.15 bits per heavy atom. The first kappa shape index (κ1) is 19.0. The van der Waals surface area contributed by atoms with E-state index in [2.05, 4.69) is 28.8 Å². The predicted molar refractivity (Wildman–Crippen MR) is 107 cm³/mol. The first-order valence-electron chi connectivity index (χ1n) is 9.30. The summed E-state index contributed by atoms with van der Waals surface area (Å²) < 4.78 is 5.51. The summed E-state index contributed by atoms with van der Waals surface area (Å²) >= 11 is 0. The topological polar surface area (TPSA) is 50.4 Å². The van der Waals surface area contributed by atoms with E-state index in [9.17, 15) is 4.79 Å². The first-order valence-corrected chi connectivity index (χ1v) is 9.30. The van der Waals surface area contributed by atoms with Gasteiger partial charge in [0, 0.05) is 30.6 Å². The number of hydrogen-bond donors (Lipinski definition) is 2. The van der Waals surface area contributed by atoms with Gasteiger partial charge in [0.05, 0.1) is 7.11 Å². The number of halogens is 1. The summed E-state index contributed by atoms with van der Waals surface area (Å²) in [6, 6.07) is 13.5. The summed E-state index contributed by atoms with van der Waals surface area (Å²) in [7, 11) is 1.68. The van der Waals surface area contributed by atoms with Crippen molar-refractivity contribution >= 4 is 29.1 Å². The molecule has 26 heavy (non-hydrogen) atoms. The number of hydrogen-bond acceptors (Lipinski definition) is 3. The fraction of sp³-hybridized carbons (Fsp3) is 0.476. The van der Waals surface area contributed by atoms with E-state index in [0.29, 0.717) is 31.0 Å². The van der Waals surface area contributed by atoms with Crippen LogP contribution in [0, 0.1) is 5.92 Å². The maximum absolute atomic E-state index is 12.5. The van der Waals surface area contributed by atoms with Crippen molar-refractivity contribution in [1.29, 1.82) is 0 Å². The molecule has 1 amide bonds. The smallest absolute Gasteiger partial charge is 0.220 e. The van der Waals surface area contributed by atoms with E-state index >= 15 is 0 Å². The van der Waals surface area contributed by atoms with E-state index in [-0.39, 0.29) is 18.3 Å². The molecule has 2 bridgehead atoms. The van der Waals surface area contributed by atoms with Crippen molar-refractivity contribution in [1.82, 2.24) is 10.6 Å². The van der Waals surface area contributed by atoms with E-state index in [1.807, 2.05) is 18.2 Å². The number of nitrogens with one attached hydrogen (secondary N) is 2. The minimum absolute atomic E-state index is 0. The van der Waals surface area contributed by atoms with Crippen LogP contribution >= 0.6 is 12.4 Å². The molecule has 2 heterocycles. The van der Waals surface area contributed by atoms with Gasteiger partial charge in [-0.05, 0) is 48.4 Å². The number of amides is 1. The Labute approximate surface area is 161 Å². The molecule has 0 radical (unpaired) electrons. The summed E-state index contributed by atoms with van der Waals surface area (Å²) in [4.78, 5) is 12.5. The van der Waals surface area contributed by atoms with Crippen molar-refractivity contribution in [2.75, 3.05) is 7.11 Å². The molecule has 0 aliphatic carbocycles. The Hall–Kier alpha value is -1.78. The maximum atomic E-state index is 12.5. The Bertz CT molecular complexity index is 768. The molecule has 2 N–H and O–H groups in total. The number of methoxy groups -OCH3 is 1. The standard InChI is InChI=1S/C21H26N2O2.ClH/c1-25-20-9-6-15-4-2-3-5-18(15)19(20)13-22-21(24)12-14-10-16-7-8-17(11-14)23-16;/h2-6,9,14,16-17,23H,7-8,10-13H2,1H3,(H,22,24);1H. The van der Waals surface area contributed by atoms with Gasteiger partial charge in [-0.15, -0.1) is 12.4 Å². The molecule has 2 fully saturated rings. The van der Waals surface area contributed by atoms with Crippen LogP contribution < -0.4 is 15.4 Å². The third kappa shape index (κ3) is 3.97. The van der Waals surface area contributed by atoms with E-state index in [1.54, 1.807) is 7.11 Å². The third-order valence-electron chi connectivity index (χ3n) is 5.72. The summed E-state index contributed by atoms with van der Waals surface area (Å²) in [6.07, 6.45) is 5.47. The number of carbonyl (C=O) groups excluding carboxylic acids is 1. The Kier molecular flexibility index (Phi) is 6.05. The highest BCUT2D eigenvalue weighted by atomic mass is 35.5. The number of piperidine rings is 1. The van der Waals surface area contributed by atoms with Crippen LogP contribution in [0.5, 0.6) is 5.75 Å². The molecule has 5 heteroatoms. The molecule has 2 saturated heterocycles. The molecule has 2 atom stereocenters. The van der Waals surface area contributed by atoms with Gasteiger partial charge in [-0.1, -0.05) is 30.3 Å². The van der Waals surface area contributed by atoms with Gasteiger partial charge < -0.3 is 15.4 Å². The average Bonchev–Trinajstić information content (AvgIpc) is 2.97. The lowest BCUT2D eigenvalue weighted by atomic mass is 9.89. The fourth-order valence-electron chi connectivity index (χ4n) is 4.55. The molecular formula is C21H27ClN2O2. The fourth-order valence-corrected chi connectivity index (χ4v) is 4.55. The van der Waals surface area contributed by atoms with Gasteiger partial charge in [-0.2, -0.15) is 0 Å². The van der Waals surface area contributed by atoms with Gasteiger partial charge in [-0.3, -0.25) is 4.79 Å². The van der Waals surface area contributed by atoms with Crippen LogP contribution in [0.4, 0.5) is 0 Å². The zero-order valence-corrected chi connectivity index (χ0v) is 16.0. The van der Waals surface area contributed by atoms with E-state index < -0.39 is 0 Å². The normalized spacial score (nSPS) is 24.1. The highest BCUT2D eigenvalue weighted by molar-refractivity contribution is 5.88. The van der Waals surface area contributed by atoms with Gasteiger partial charge in [0.1, 0.15) is 5.75 Å². The lowest BCUT2D eigenvalue weighted by Crippen LogP contribution is -2.39. The summed E-state index contributed by atoms with van der Waals surface area (Å²) in [5.41, 5.74) is 1.05. The van der Waals surface area contributed by atoms with Crippen LogP contribution in [0.2, 0.25) is 0 Å². The number of rotatable bonds is 5. The van der Waals surface area contributed by atoms with Crippen molar-refractivity contribution in [3.63, 3.8) is 0 Å². The summed E-state index contributed by atoms with van der Waals surface area (Å²) in [5, 5.41) is 9.07. The molecule has 2 aliphatic rings. The van der Waals surface area contributed by atoms with E-state index in [4.69, 9.17) is 4.74 Å². The summed E-state index contributed by atoms with van der Waals surface area (Å²) in [5.74, 6) is 1.51. The maximum Gasteiger partial charge on any atom is 0.220 e. The minimum Gasteiger partial charge on any atom is -0.496 e. The number of ether oxygens (including phenoxy) is 1. The van der Waals surface area contributed by atoms with E-state index in [0.717, 1.165) is 29.5 Å². The van der Waals surface area contributed by atoms with Crippen LogP contribution in [0.15, 0.2) is 36.4 Å². The molecule has 0 aromatic heterocycles. The number of carbonyl (C=O) groups is 1. The predicted octanol–water partition coefficient (Wildman–Crippen LogP) is 3.81. The van der Waals surface area contributed by atoms with Crippen molar-refractivity contribution in [2.45, 2.75) is 50.7 Å². The Balaban J connectivity index is 0.00000196. The first-order chi connectivity index (χ1) is 12.2. The molecule has 4 nitrogen and oxygen atoms in total. The summed E-state index contributed by atoms with van der Waals surface area (Å²) in [6.45, 7) is 0.515. The highest BCUT2D eigenvalue weighted by Crippen LogP contribution is 2.33. The SMILES string of the molecule is COc1ccc2ccccc2c1CNC(=O)CC1CC2CCC(C1)N2.Cl. The van der Waals surface area contributed by atoms with Gasteiger partial charge >= 0.3 is 0 Å². The van der Waals surface area contributed by atoms with Crippen LogP contribution in [0.1, 0.15) is 37.7 Å². The number of fused-ring (bicyclic) bond motifs is 3. The van der Waals surface area contributed by atoms with Crippen LogP contribution in [0.25, 0.3) is 10.8 Å². The van der Waals surface area contributed by atoms with E-state index in [1.165, 1.54) is 18.2 Å². The van der Waals surface area contributed by atoms with Crippen LogP contribution in [-0.4, -0.2) is 25.1 Å². The van der Waals surface area contributed by atoms with Crippen LogP contribution in [0.3, 0.4) is 0 Å². The average molecular weight is 375 g/mol. The van der Waals surface area contributed by atoms with Crippen molar-refractivity contribution in [2.24, 2.45) is 5.92 Å². The lowest BCUT2D eigenvalue weighted by Gasteiger charge is -2.28. The minimum atomic E-state index is 0. The molecule has 2 unspecified atom stereocenters. The second-order valence-electron chi connectivity index (χ2n) is 7.42. The largest absolute Gasteiger partial charge is 0.496 e. The van der Waals surface area contributed by atoms with Crippen molar-refractivity contribution < 1.29 is 9.53 Å². The van der Waals surface area contributed by atoms with Gasteiger partial charge in [0.15, 0.2) is 0 Å². The third-order valence-corrected chi connectivity index (χ3v) is 5.72. The van der Waals surface area contributed by atoms with Crippen molar-refractivity contribution in [3.05, 3.63) is 42.0 Å². The monoisotopic (exact) mass is 374 g/mol. The van der Waals surface area contributed by atoms with Gasteiger partial charge in [-0.25, -0.2) is 0 Å². The molecular weight excluding hydrogens is 348 g/mol. The molecule has 2 aromatic carbocycles. The second-order valence-corrected chi connectivity index (χ2v) is 7.42. The Morgan fingerprint density at radius 3 is 2.62 bits per heavy atom. The Morgan fingerprint density at radius 2 is 1.88 bits per heavy atom. The molecule has 140 valence electrons. The second kappa shape index (κ2) is 8.28. The zero-order chi connectivity index (χ0) is 17.2. The zero-order valence-electron chi connectivity index (χ0n) is 15.2. The van der Waals surface area contributed by atoms with Gasteiger partial charge in [0.2, 0.25) is 5.91 Å².